The monoisotopic (exact) mass is 352 g/mol. The van der Waals surface area contributed by atoms with Crippen molar-refractivity contribution in [2.75, 3.05) is 11.9 Å². The highest BCUT2D eigenvalue weighted by Crippen LogP contribution is 2.31. The summed E-state index contributed by atoms with van der Waals surface area (Å²) in [5.41, 5.74) is 2.21. The number of rotatable bonds is 6. The molecule has 0 aliphatic rings. The van der Waals surface area contributed by atoms with Gasteiger partial charge in [0.15, 0.2) is 5.69 Å². The Labute approximate surface area is 151 Å². The van der Waals surface area contributed by atoms with Crippen molar-refractivity contribution >= 4 is 11.6 Å². The molecule has 0 bridgehead atoms. The molecule has 1 aromatic carbocycles. The van der Waals surface area contributed by atoms with Gasteiger partial charge < -0.3 is 9.88 Å². The van der Waals surface area contributed by atoms with Gasteiger partial charge >= 0.3 is 5.69 Å². The van der Waals surface area contributed by atoms with Crippen LogP contribution in [-0.4, -0.2) is 31.9 Å². The number of imidazole rings is 1. The third kappa shape index (κ3) is 3.53. The van der Waals surface area contributed by atoms with Gasteiger partial charge in [-0.3, -0.25) is 10.1 Å². The molecule has 0 saturated carbocycles. The van der Waals surface area contributed by atoms with Crippen LogP contribution in [0.25, 0.3) is 11.4 Å². The first-order valence-corrected chi connectivity index (χ1v) is 8.32. The van der Waals surface area contributed by atoms with E-state index in [4.69, 9.17) is 0 Å². The average Bonchev–Trinajstić information content (AvgIpc) is 3.07. The molecule has 0 amide bonds. The van der Waals surface area contributed by atoms with Crippen molar-refractivity contribution in [3.63, 3.8) is 0 Å². The molecule has 3 rings (SSSR count). The molecule has 134 valence electrons. The lowest BCUT2D eigenvalue weighted by Crippen LogP contribution is -2.20. The maximum absolute atomic E-state index is 11.6. The minimum absolute atomic E-state index is 0.0759. The molecule has 8 nitrogen and oxygen atoms in total. The first kappa shape index (κ1) is 17.5. The number of hydrogen-bond donors (Lipinski definition) is 1. The van der Waals surface area contributed by atoms with Crippen LogP contribution in [0.1, 0.15) is 24.0 Å². The van der Waals surface area contributed by atoms with Gasteiger partial charge in [-0.15, -0.1) is 0 Å². The van der Waals surface area contributed by atoms with Crippen molar-refractivity contribution in [1.82, 2.24) is 19.9 Å². The number of nitro groups is 1. The molecule has 3 aromatic rings. The maximum atomic E-state index is 11.6. The molecule has 0 aliphatic carbocycles. The Kier molecular flexibility index (Phi) is 4.92. The summed E-state index contributed by atoms with van der Waals surface area (Å²) in [4.78, 5) is 29.2. The van der Waals surface area contributed by atoms with E-state index in [0.29, 0.717) is 36.1 Å². The summed E-state index contributed by atoms with van der Waals surface area (Å²) in [6.45, 7) is 4.24. The quantitative estimate of drug-likeness (QED) is 0.540. The lowest BCUT2D eigenvalue weighted by molar-refractivity contribution is -0.385. The number of anilines is 1. The van der Waals surface area contributed by atoms with Gasteiger partial charge in [0.1, 0.15) is 11.5 Å². The van der Waals surface area contributed by atoms with Crippen molar-refractivity contribution in [2.45, 2.75) is 26.8 Å². The lowest BCUT2D eigenvalue weighted by atomic mass is 10.2. The highest BCUT2D eigenvalue weighted by atomic mass is 16.6. The van der Waals surface area contributed by atoms with E-state index >= 15 is 0 Å². The molecular formula is C18H20N6O2. The number of nitrogens with one attached hydrogen (secondary N) is 1. The van der Waals surface area contributed by atoms with E-state index in [1.54, 1.807) is 13.1 Å². The van der Waals surface area contributed by atoms with Crippen molar-refractivity contribution in [3.8, 4) is 11.4 Å². The highest BCUT2D eigenvalue weighted by molar-refractivity contribution is 5.69. The van der Waals surface area contributed by atoms with Crippen molar-refractivity contribution in [3.05, 3.63) is 63.7 Å². The molecule has 0 aliphatic heterocycles. The fourth-order valence-corrected chi connectivity index (χ4v) is 2.75. The molecule has 2 aromatic heterocycles. The van der Waals surface area contributed by atoms with E-state index < -0.39 is 4.92 Å². The van der Waals surface area contributed by atoms with Gasteiger partial charge in [-0.05, 0) is 18.9 Å². The number of benzene rings is 1. The number of aromatic nitrogens is 4. The average molecular weight is 352 g/mol. The summed E-state index contributed by atoms with van der Waals surface area (Å²) in [5, 5.41) is 11.6. The Morgan fingerprint density at radius 2 is 1.96 bits per heavy atom. The molecule has 0 saturated heterocycles. The van der Waals surface area contributed by atoms with E-state index in [1.807, 2.05) is 49.2 Å². The predicted molar refractivity (Wildman–Crippen MR) is 98.9 cm³/mol. The van der Waals surface area contributed by atoms with Crippen LogP contribution in [0.15, 0.2) is 36.5 Å². The van der Waals surface area contributed by atoms with Crippen LogP contribution in [0, 0.1) is 17.0 Å². The predicted octanol–water partition coefficient (Wildman–Crippen LogP) is 3.28. The molecule has 0 atom stereocenters. The molecule has 0 fully saturated rings. The topological polar surface area (TPSA) is 101 Å². The molecule has 26 heavy (non-hydrogen) atoms. The van der Waals surface area contributed by atoms with Crippen molar-refractivity contribution < 1.29 is 4.92 Å². The highest BCUT2D eigenvalue weighted by Gasteiger charge is 2.26. The summed E-state index contributed by atoms with van der Waals surface area (Å²) in [6, 6.07) is 9.93. The van der Waals surface area contributed by atoms with Gasteiger partial charge in [-0.25, -0.2) is 15.0 Å². The standard InChI is InChI=1S/C18H20N6O2/c1-4-14-17(24(25)26)16(15-10-19-12(2)20-15)22-18(21-14)23(3)11-13-8-6-5-7-9-13/h5-10H,4,11H2,1-3H3,(H,19,20). The number of nitrogens with zero attached hydrogens (tertiary/aromatic N) is 5. The van der Waals surface area contributed by atoms with Crippen LogP contribution in [0.5, 0.6) is 0 Å². The Bertz CT molecular complexity index is 923. The third-order valence-corrected chi connectivity index (χ3v) is 4.02. The van der Waals surface area contributed by atoms with E-state index in [9.17, 15) is 10.1 Å². The summed E-state index contributed by atoms with van der Waals surface area (Å²) in [7, 11) is 1.87. The van der Waals surface area contributed by atoms with Crippen molar-refractivity contribution in [2.24, 2.45) is 0 Å². The second-order valence-electron chi connectivity index (χ2n) is 6.00. The molecule has 0 unspecified atom stereocenters. The van der Waals surface area contributed by atoms with Gasteiger partial charge in [0.2, 0.25) is 5.95 Å². The lowest BCUT2D eigenvalue weighted by Gasteiger charge is -2.18. The Morgan fingerprint density at radius 3 is 2.54 bits per heavy atom. The number of H-pyrrole nitrogens is 1. The van der Waals surface area contributed by atoms with Crippen LogP contribution in [0.3, 0.4) is 0 Å². The fourth-order valence-electron chi connectivity index (χ4n) is 2.75. The van der Waals surface area contributed by atoms with Gasteiger partial charge in [-0.1, -0.05) is 37.3 Å². The summed E-state index contributed by atoms with van der Waals surface area (Å²) in [5.74, 6) is 1.11. The second kappa shape index (κ2) is 7.30. The van der Waals surface area contributed by atoms with E-state index in [-0.39, 0.29) is 11.4 Å². The number of aromatic amines is 1. The van der Waals surface area contributed by atoms with E-state index in [1.165, 1.54) is 0 Å². The molecule has 0 spiro atoms. The zero-order valence-electron chi connectivity index (χ0n) is 14.9. The molecule has 0 radical (unpaired) electrons. The summed E-state index contributed by atoms with van der Waals surface area (Å²) >= 11 is 0. The number of hydrogen-bond acceptors (Lipinski definition) is 6. The molecule has 2 heterocycles. The van der Waals surface area contributed by atoms with Crippen molar-refractivity contribution in [1.29, 1.82) is 0 Å². The van der Waals surface area contributed by atoms with Crippen LogP contribution < -0.4 is 4.90 Å². The molecule has 1 N–H and O–H groups in total. The number of aryl methyl sites for hydroxylation is 2. The zero-order valence-corrected chi connectivity index (χ0v) is 14.9. The minimum atomic E-state index is -0.425. The largest absolute Gasteiger partial charge is 0.341 e. The SMILES string of the molecule is CCc1nc(N(C)Cc2ccccc2)nc(-c2cnc(C)[nH]2)c1[N+](=O)[O-]. The van der Waals surface area contributed by atoms with Gasteiger partial charge in [-0.2, -0.15) is 0 Å². The van der Waals surface area contributed by atoms with E-state index in [2.05, 4.69) is 19.9 Å². The van der Waals surface area contributed by atoms with Crippen LogP contribution in [0.4, 0.5) is 11.6 Å². The second-order valence-corrected chi connectivity index (χ2v) is 6.00. The molecule has 8 heteroatoms. The van der Waals surface area contributed by atoms with Crippen LogP contribution in [-0.2, 0) is 13.0 Å². The third-order valence-electron chi connectivity index (χ3n) is 4.02. The summed E-state index contributed by atoms with van der Waals surface area (Å²) < 4.78 is 0. The smallest absolute Gasteiger partial charge is 0.318 e. The Hall–Kier alpha value is -3.29. The first-order chi connectivity index (χ1) is 12.5. The maximum Gasteiger partial charge on any atom is 0.318 e. The minimum Gasteiger partial charge on any atom is -0.341 e. The van der Waals surface area contributed by atoms with Crippen LogP contribution >= 0.6 is 0 Å². The fraction of sp³-hybridized carbons (Fsp3) is 0.278. The van der Waals surface area contributed by atoms with Gasteiger partial charge in [0.05, 0.1) is 16.8 Å². The summed E-state index contributed by atoms with van der Waals surface area (Å²) in [6.07, 6.45) is 2.00. The van der Waals surface area contributed by atoms with Gasteiger partial charge in [0.25, 0.3) is 0 Å². The van der Waals surface area contributed by atoms with Gasteiger partial charge in [0, 0.05) is 13.6 Å². The Morgan fingerprint density at radius 1 is 1.23 bits per heavy atom. The zero-order chi connectivity index (χ0) is 18.7. The first-order valence-electron chi connectivity index (χ1n) is 8.32. The Balaban J connectivity index is 2.07. The molecular weight excluding hydrogens is 332 g/mol. The van der Waals surface area contributed by atoms with E-state index in [0.717, 1.165) is 5.56 Å². The van der Waals surface area contributed by atoms with Crippen LogP contribution in [0.2, 0.25) is 0 Å². The normalized spacial score (nSPS) is 10.7.